The van der Waals surface area contributed by atoms with Gasteiger partial charge in [0.1, 0.15) is 0 Å². The lowest BCUT2D eigenvalue weighted by Crippen LogP contribution is -2.50. The van der Waals surface area contributed by atoms with Crippen molar-refractivity contribution < 1.29 is 9.47 Å². The van der Waals surface area contributed by atoms with E-state index in [1.807, 2.05) is 0 Å². The number of hydrogen-bond acceptors (Lipinski definition) is 4. The molecule has 0 heterocycles. The number of methoxy groups -OCH3 is 2. The molecule has 0 amide bonds. The average Bonchev–Trinajstić information content (AvgIpc) is 3.11. The van der Waals surface area contributed by atoms with E-state index >= 15 is 0 Å². The fraction of sp³-hybridized carbons (Fsp3) is 1.00. The van der Waals surface area contributed by atoms with Gasteiger partial charge in [-0.2, -0.15) is 0 Å². The van der Waals surface area contributed by atoms with Crippen molar-refractivity contribution in [1.82, 2.24) is 4.90 Å². The Hall–Kier alpha value is -0.160. The second-order valence-corrected chi connectivity index (χ2v) is 4.65. The smallest absolute Gasteiger partial charge is 0.0630 e. The minimum atomic E-state index is 0.316. The van der Waals surface area contributed by atoms with Gasteiger partial charge in [-0.15, -0.1) is 0 Å². The maximum atomic E-state index is 5.83. The third kappa shape index (κ3) is 4.01. The molecule has 2 N–H and O–H groups in total. The molecule has 0 bridgehead atoms. The van der Waals surface area contributed by atoms with Crippen LogP contribution in [0.4, 0.5) is 0 Å². The molecule has 2 atom stereocenters. The Labute approximate surface area is 99.1 Å². The van der Waals surface area contributed by atoms with Gasteiger partial charge in [-0.1, -0.05) is 0 Å². The van der Waals surface area contributed by atoms with Gasteiger partial charge in [-0.3, -0.25) is 4.90 Å². The summed E-state index contributed by atoms with van der Waals surface area (Å²) in [7, 11) is 3.48. The molecule has 0 aromatic rings. The fourth-order valence-corrected chi connectivity index (χ4v) is 2.26. The highest BCUT2D eigenvalue weighted by atomic mass is 16.5. The Bertz CT molecular complexity index is 186. The zero-order valence-corrected chi connectivity index (χ0v) is 10.8. The lowest BCUT2D eigenvalue weighted by molar-refractivity contribution is 0.0415. The number of nitrogens with zero attached hydrogens (tertiary/aromatic N) is 1. The highest BCUT2D eigenvalue weighted by molar-refractivity contribution is 4.88. The monoisotopic (exact) mass is 230 g/mol. The molecule has 4 heteroatoms. The van der Waals surface area contributed by atoms with Crippen molar-refractivity contribution in [3.05, 3.63) is 0 Å². The van der Waals surface area contributed by atoms with Crippen LogP contribution in [0.2, 0.25) is 0 Å². The van der Waals surface area contributed by atoms with Crippen LogP contribution in [0.25, 0.3) is 0 Å². The topological polar surface area (TPSA) is 47.7 Å². The predicted octanol–water partition coefficient (Wildman–Crippen LogP) is 0.707. The Morgan fingerprint density at radius 2 is 2.00 bits per heavy atom. The number of hydrogen-bond donors (Lipinski definition) is 1. The van der Waals surface area contributed by atoms with E-state index in [0.717, 1.165) is 19.1 Å². The van der Waals surface area contributed by atoms with Crippen LogP contribution in [0, 0.1) is 5.92 Å². The highest BCUT2D eigenvalue weighted by Crippen LogP contribution is 2.35. The minimum Gasteiger partial charge on any atom is -0.383 e. The normalized spacial score (nSPS) is 20.1. The van der Waals surface area contributed by atoms with Gasteiger partial charge in [0, 0.05) is 39.4 Å². The van der Waals surface area contributed by atoms with Crippen LogP contribution in [-0.4, -0.2) is 57.5 Å². The summed E-state index contributed by atoms with van der Waals surface area (Å²) in [6, 6.07) is 0.912. The van der Waals surface area contributed by atoms with Crippen LogP contribution < -0.4 is 5.73 Å². The van der Waals surface area contributed by atoms with Crippen LogP contribution in [-0.2, 0) is 9.47 Å². The Morgan fingerprint density at radius 3 is 2.44 bits per heavy atom. The summed E-state index contributed by atoms with van der Waals surface area (Å²) in [5.74, 6) is 0.850. The molecule has 0 aromatic heterocycles. The molecule has 0 spiro atoms. The largest absolute Gasteiger partial charge is 0.383 e. The Balaban J connectivity index is 2.51. The molecule has 4 nitrogen and oxygen atoms in total. The molecule has 1 saturated carbocycles. The molecular formula is C12H26N2O2. The van der Waals surface area contributed by atoms with E-state index < -0.39 is 0 Å². The lowest BCUT2D eigenvalue weighted by Gasteiger charge is -2.35. The Kier molecular flexibility index (Phi) is 6.28. The number of ether oxygens (including phenoxy) is 2. The summed E-state index contributed by atoms with van der Waals surface area (Å²) in [6.07, 6.45) is 2.71. The van der Waals surface area contributed by atoms with Crippen molar-refractivity contribution in [3.63, 3.8) is 0 Å². The molecule has 1 aliphatic rings. The van der Waals surface area contributed by atoms with Crippen molar-refractivity contribution >= 4 is 0 Å². The summed E-state index contributed by atoms with van der Waals surface area (Å²) in [6.45, 7) is 5.36. The maximum Gasteiger partial charge on any atom is 0.0630 e. The molecule has 2 unspecified atom stereocenters. The van der Waals surface area contributed by atoms with E-state index in [4.69, 9.17) is 15.2 Å². The number of rotatable bonds is 9. The van der Waals surface area contributed by atoms with E-state index in [9.17, 15) is 0 Å². The quantitative estimate of drug-likeness (QED) is 0.633. The first-order chi connectivity index (χ1) is 7.74. The van der Waals surface area contributed by atoms with Gasteiger partial charge in [0.15, 0.2) is 0 Å². The van der Waals surface area contributed by atoms with Crippen LogP contribution >= 0.6 is 0 Å². The zero-order valence-electron chi connectivity index (χ0n) is 10.8. The maximum absolute atomic E-state index is 5.83. The molecule has 1 aliphatic carbocycles. The van der Waals surface area contributed by atoms with E-state index in [-0.39, 0.29) is 0 Å². The molecule has 0 aliphatic heterocycles. The van der Waals surface area contributed by atoms with Gasteiger partial charge in [0.25, 0.3) is 0 Å². The van der Waals surface area contributed by atoms with Crippen molar-refractivity contribution in [2.24, 2.45) is 11.7 Å². The minimum absolute atomic E-state index is 0.316. The van der Waals surface area contributed by atoms with Gasteiger partial charge < -0.3 is 15.2 Å². The SMILES string of the molecule is COCCN(C(CN)COC)C(C)C1CC1. The third-order valence-corrected chi connectivity index (χ3v) is 3.48. The standard InChI is InChI=1S/C12H26N2O2/c1-10(11-4-5-11)14(6-7-15-2)12(8-13)9-16-3/h10-12H,4-9,13H2,1-3H3. The third-order valence-electron chi connectivity index (χ3n) is 3.48. The molecule has 1 fully saturated rings. The molecular weight excluding hydrogens is 204 g/mol. The average molecular weight is 230 g/mol. The summed E-state index contributed by atoms with van der Waals surface area (Å²) >= 11 is 0. The van der Waals surface area contributed by atoms with Crippen LogP contribution in [0.1, 0.15) is 19.8 Å². The molecule has 1 rings (SSSR count). The number of nitrogens with two attached hydrogens (primary N) is 1. The molecule has 96 valence electrons. The first-order valence-electron chi connectivity index (χ1n) is 6.18. The first-order valence-corrected chi connectivity index (χ1v) is 6.18. The van der Waals surface area contributed by atoms with E-state index in [1.54, 1.807) is 14.2 Å². The molecule has 0 aromatic carbocycles. The van der Waals surface area contributed by atoms with Crippen LogP contribution in [0.3, 0.4) is 0 Å². The van der Waals surface area contributed by atoms with Gasteiger partial charge in [-0.25, -0.2) is 0 Å². The van der Waals surface area contributed by atoms with Crippen LogP contribution in [0.15, 0.2) is 0 Å². The molecule has 0 saturated heterocycles. The van der Waals surface area contributed by atoms with Crippen molar-refractivity contribution in [2.75, 3.05) is 40.5 Å². The molecule has 0 radical (unpaired) electrons. The van der Waals surface area contributed by atoms with Gasteiger partial charge in [0.2, 0.25) is 0 Å². The second kappa shape index (κ2) is 7.22. The summed E-state index contributed by atoms with van der Waals surface area (Å²) in [4.78, 5) is 2.45. The first kappa shape index (κ1) is 13.9. The highest BCUT2D eigenvalue weighted by Gasteiger charge is 2.34. The van der Waals surface area contributed by atoms with Crippen molar-refractivity contribution in [3.8, 4) is 0 Å². The lowest BCUT2D eigenvalue weighted by atomic mass is 10.1. The predicted molar refractivity (Wildman–Crippen MR) is 65.5 cm³/mol. The van der Waals surface area contributed by atoms with Crippen molar-refractivity contribution in [2.45, 2.75) is 31.8 Å². The van der Waals surface area contributed by atoms with E-state index in [0.29, 0.717) is 25.2 Å². The fourth-order valence-electron chi connectivity index (χ4n) is 2.26. The summed E-state index contributed by atoms with van der Waals surface area (Å²) < 4.78 is 10.4. The van der Waals surface area contributed by atoms with Crippen molar-refractivity contribution in [1.29, 1.82) is 0 Å². The second-order valence-electron chi connectivity index (χ2n) is 4.65. The Morgan fingerprint density at radius 1 is 1.31 bits per heavy atom. The summed E-state index contributed by atoms with van der Waals surface area (Å²) in [5.41, 5.74) is 5.83. The van der Waals surface area contributed by atoms with Crippen LogP contribution in [0.5, 0.6) is 0 Å². The van der Waals surface area contributed by atoms with E-state index in [1.165, 1.54) is 12.8 Å². The van der Waals surface area contributed by atoms with E-state index in [2.05, 4.69) is 11.8 Å². The summed E-state index contributed by atoms with van der Waals surface area (Å²) in [5, 5.41) is 0. The zero-order chi connectivity index (χ0) is 12.0. The van der Waals surface area contributed by atoms with Gasteiger partial charge in [-0.05, 0) is 25.7 Å². The van der Waals surface area contributed by atoms with Gasteiger partial charge >= 0.3 is 0 Å². The molecule has 16 heavy (non-hydrogen) atoms. The van der Waals surface area contributed by atoms with Gasteiger partial charge in [0.05, 0.1) is 13.2 Å².